The molecule has 0 radical (unpaired) electrons. The summed E-state index contributed by atoms with van der Waals surface area (Å²) in [6.07, 6.45) is 4.09. The molecule has 1 fully saturated rings. The Morgan fingerprint density at radius 2 is 2.15 bits per heavy atom. The van der Waals surface area contributed by atoms with E-state index in [4.69, 9.17) is 0 Å². The van der Waals surface area contributed by atoms with Crippen LogP contribution in [0.1, 0.15) is 47.0 Å². The molecule has 78 valence electrons. The Hall–Kier alpha value is -0.0400. The predicted molar refractivity (Wildman–Crippen MR) is 58.8 cm³/mol. The first-order valence-corrected chi connectivity index (χ1v) is 5.79. The van der Waals surface area contributed by atoms with Crippen molar-refractivity contribution in [1.29, 1.82) is 0 Å². The second-order valence-corrected chi connectivity index (χ2v) is 5.29. The Bertz CT molecular complexity index is 153. The number of nitrogens with one attached hydrogen (secondary N) is 1. The van der Waals surface area contributed by atoms with Crippen molar-refractivity contribution < 1.29 is 0 Å². The van der Waals surface area contributed by atoms with Crippen LogP contribution in [-0.2, 0) is 0 Å². The van der Waals surface area contributed by atoms with Crippen molar-refractivity contribution in [2.24, 2.45) is 17.3 Å². The summed E-state index contributed by atoms with van der Waals surface area (Å²) >= 11 is 0. The molecule has 1 heteroatoms. The lowest BCUT2D eigenvalue weighted by Crippen LogP contribution is -2.43. The summed E-state index contributed by atoms with van der Waals surface area (Å²) in [7, 11) is 0. The van der Waals surface area contributed by atoms with Crippen LogP contribution in [0.5, 0.6) is 0 Å². The van der Waals surface area contributed by atoms with Gasteiger partial charge in [-0.05, 0) is 43.2 Å². The second kappa shape index (κ2) is 4.45. The van der Waals surface area contributed by atoms with E-state index in [1.807, 2.05) is 0 Å². The Labute approximate surface area is 83.3 Å². The molecule has 1 heterocycles. The molecule has 13 heavy (non-hydrogen) atoms. The van der Waals surface area contributed by atoms with E-state index < -0.39 is 0 Å². The lowest BCUT2D eigenvalue weighted by molar-refractivity contribution is 0.105. The fourth-order valence-corrected chi connectivity index (χ4v) is 2.50. The quantitative estimate of drug-likeness (QED) is 0.709. The molecule has 1 aliphatic rings. The molecule has 2 unspecified atom stereocenters. The molecule has 0 aromatic carbocycles. The minimum absolute atomic E-state index is 0.607. The van der Waals surface area contributed by atoms with Crippen LogP contribution in [0.15, 0.2) is 0 Å². The van der Waals surface area contributed by atoms with E-state index in [1.165, 1.54) is 32.4 Å². The molecule has 0 bridgehead atoms. The standard InChI is InChI=1S/C12H25N/c1-5-12(4)6-7-13-9-11(12)8-10(2)3/h10-11,13H,5-9H2,1-4H3. The summed E-state index contributed by atoms with van der Waals surface area (Å²) in [4.78, 5) is 0. The first kappa shape index (κ1) is 11.0. The zero-order valence-electron chi connectivity index (χ0n) is 9.69. The minimum atomic E-state index is 0.607. The van der Waals surface area contributed by atoms with Crippen LogP contribution >= 0.6 is 0 Å². The molecule has 0 spiro atoms. The average molecular weight is 183 g/mol. The highest BCUT2D eigenvalue weighted by Gasteiger charge is 2.34. The van der Waals surface area contributed by atoms with E-state index in [0.717, 1.165) is 11.8 Å². The molecule has 1 nitrogen and oxygen atoms in total. The van der Waals surface area contributed by atoms with Gasteiger partial charge >= 0.3 is 0 Å². The van der Waals surface area contributed by atoms with E-state index in [1.54, 1.807) is 0 Å². The molecular formula is C12H25N. The van der Waals surface area contributed by atoms with E-state index >= 15 is 0 Å². The van der Waals surface area contributed by atoms with Crippen molar-refractivity contribution in [2.45, 2.75) is 47.0 Å². The summed E-state index contributed by atoms with van der Waals surface area (Å²) < 4.78 is 0. The first-order valence-electron chi connectivity index (χ1n) is 5.79. The molecule has 0 aromatic rings. The molecule has 1 aliphatic heterocycles. The van der Waals surface area contributed by atoms with Crippen molar-refractivity contribution in [3.05, 3.63) is 0 Å². The summed E-state index contributed by atoms with van der Waals surface area (Å²) in [5.41, 5.74) is 0.607. The molecule has 1 rings (SSSR count). The molecule has 1 N–H and O–H groups in total. The summed E-state index contributed by atoms with van der Waals surface area (Å²) in [5.74, 6) is 1.74. The largest absolute Gasteiger partial charge is 0.316 e. The van der Waals surface area contributed by atoms with Crippen molar-refractivity contribution >= 4 is 0 Å². The molecular weight excluding hydrogens is 158 g/mol. The van der Waals surface area contributed by atoms with Crippen molar-refractivity contribution in [2.75, 3.05) is 13.1 Å². The summed E-state index contributed by atoms with van der Waals surface area (Å²) in [6.45, 7) is 12.0. The van der Waals surface area contributed by atoms with Gasteiger partial charge in [-0.1, -0.05) is 34.1 Å². The van der Waals surface area contributed by atoms with E-state index in [2.05, 4.69) is 33.0 Å². The summed E-state index contributed by atoms with van der Waals surface area (Å²) in [5, 5.41) is 3.53. The number of hydrogen-bond donors (Lipinski definition) is 1. The summed E-state index contributed by atoms with van der Waals surface area (Å²) in [6, 6.07) is 0. The molecule has 0 aliphatic carbocycles. The van der Waals surface area contributed by atoms with Crippen molar-refractivity contribution in [3.63, 3.8) is 0 Å². The number of piperidine rings is 1. The van der Waals surface area contributed by atoms with Crippen LogP contribution in [0.4, 0.5) is 0 Å². The maximum Gasteiger partial charge on any atom is -0.00152 e. The van der Waals surface area contributed by atoms with Gasteiger partial charge in [0, 0.05) is 0 Å². The minimum Gasteiger partial charge on any atom is -0.316 e. The lowest BCUT2D eigenvalue weighted by atomic mass is 9.68. The van der Waals surface area contributed by atoms with Gasteiger partial charge in [0.1, 0.15) is 0 Å². The van der Waals surface area contributed by atoms with Crippen molar-refractivity contribution in [3.8, 4) is 0 Å². The maximum atomic E-state index is 3.53. The fourth-order valence-electron chi connectivity index (χ4n) is 2.50. The van der Waals surface area contributed by atoms with Gasteiger partial charge in [-0.3, -0.25) is 0 Å². The topological polar surface area (TPSA) is 12.0 Å². The van der Waals surface area contributed by atoms with Gasteiger partial charge in [0.15, 0.2) is 0 Å². The second-order valence-electron chi connectivity index (χ2n) is 5.29. The van der Waals surface area contributed by atoms with E-state index in [9.17, 15) is 0 Å². The van der Waals surface area contributed by atoms with Gasteiger partial charge < -0.3 is 5.32 Å². The van der Waals surface area contributed by atoms with Crippen LogP contribution in [0.2, 0.25) is 0 Å². The Balaban J connectivity index is 2.56. The van der Waals surface area contributed by atoms with Gasteiger partial charge in [0.25, 0.3) is 0 Å². The van der Waals surface area contributed by atoms with Crippen molar-refractivity contribution in [1.82, 2.24) is 5.32 Å². The Morgan fingerprint density at radius 3 is 2.69 bits per heavy atom. The molecule has 0 saturated carbocycles. The van der Waals surface area contributed by atoms with Crippen LogP contribution in [-0.4, -0.2) is 13.1 Å². The van der Waals surface area contributed by atoms with Gasteiger partial charge in [-0.25, -0.2) is 0 Å². The van der Waals surface area contributed by atoms with Crippen LogP contribution < -0.4 is 5.32 Å². The van der Waals surface area contributed by atoms with Gasteiger partial charge in [-0.15, -0.1) is 0 Å². The lowest BCUT2D eigenvalue weighted by Gasteiger charge is -2.42. The normalized spacial score (nSPS) is 35.3. The van der Waals surface area contributed by atoms with E-state index in [-0.39, 0.29) is 0 Å². The molecule has 2 atom stereocenters. The predicted octanol–water partition coefficient (Wildman–Crippen LogP) is 3.06. The smallest absolute Gasteiger partial charge is 0.00152 e. The molecule has 1 saturated heterocycles. The molecule has 0 aromatic heterocycles. The third-order valence-corrected chi connectivity index (χ3v) is 3.81. The highest BCUT2D eigenvalue weighted by Crippen LogP contribution is 2.39. The number of hydrogen-bond acceptors (Lipinski definition) is 1. The average Bonchev–Trinajstić information content (AvgIpc) is 2.09. The SMILES string of the molecule is CCC1(C)CCNCC1CC(C)C. The first-order chi connectivity index (χ1) is 6.08. The molecule has 0 amide bonds. The highest BCUT2D eigenvalue weighted by atomic mass is 14.9. The Morgan fingerprint density at radius 1 is 1.46 bits per heavy atom. The Kier molecular flexibility index (Phi) is 3.78. The maximum absolute atomic E-state index is 3.53. The zero-order valence-corrected chi connectivity index (χ0v) is 9.69. The third kappa shape index (κ3) is 2.70. The van der Waals surface area contributed by atoms with Gasteiger partial charge in [0.2, 0.25) is 0 Å². The van der Waals surface area contributed by atoms with Crippen LogP contribution in [0.25, 0.3) is 0 Å². The third-order valence-electron chi connectivity index (χ3n) is 3.81. The van der Waals surface area contributed by atoms with Crippen LogP contribution in [0.3, 0.4) is 0 Å². The van der Waals surface area contributed by atoms with Gasteiger partial charge in [-0.2, -0.15) is 0 Å². The van der Waals surface area contributed by atoms with E-state index in [0.29, 0.717) is 5.41 Å². The fraction of sp³-hybridized carbons (Fsp3) is 1.00. The number of rotatable bonds is 3. The van der Waals surface area contributed by atoms with Gasteiger partial charge in [0.05, 0.1) is 0 Å². The highest BCUT2D eigenvalue weighted by molar-refractivity contribution is 4.87. The van der Waals surface area contributed by atoms with Crippen LogP contribution in [0, 0.1) is 17.3 Å². The zero-order chi connectivity index (χ0) is 9.90. The monoisotopic (exact) mass is 183 g/mol.